The van der Waals surface area contributed by atoms with Crippen LogP contribution in [-0.2, 0) is 12.1 Å². The van der Waals surface area contributed by atoms with Crippen LogP contribution in [0.3, 0.4) is 0 Å². The van der Waals surface area contributed by atoms with Gasteiger partial charge in [0.05, 0.1) is 12.2 Å². The van der Waals surface area contributed by atoms with Gasteiger partial charge in [0.25, 0.3) is 0 Å². The zero-order valence-electron chi connectivity index (χ0n) is 15.5. The van der Waals surface area contributed by atoms with Gasteiger partial charge in [-0.2, -0.15) is 5.10 Å². The summed E-state index contributed by atoms with van der Waals surface area (Å²) in [4.78, 5) is 0. The molecule has 1 saturated carbocycles. The van der Waals surface area contributed by atoms with Gasteiger partial charge in [-0.05, 0) is 46.1 Å². The number of aliphatic hydroxyl groups is 1. The molecule has 1 unspecified atom stereocenters. The van der Waals surface area contributed by atoms with Crippen molar-refractivity contribution in [3.63, 3.8) is 0 Å². The van der Waals surface area contributed by atoms with Crippen LogP contribution in [0, 0.1) is 0 Å². The predicted molar refractivity (Wildman–Crippen MR) is 96.0 cm³/mol. The van der Waals surface area contributed by atoms with Crippen molar-refractivity contribution >= 4 is 0 Å². The van der Waals surface area contributed by atoms with Gasteiger partial charge in [0.15, 0.2) is 0 Å². The lowest BCUT2D eigenvalue weighted by atomic mass is 9.89. The second-order valence-electron chi connectivity index (χ2n) is 7.73. The highest BCUT2D eigenvalue weighted by Gasteiger charge is 2.30. The summed E-state index contributed by atoms with van der Waals surface area (Å²) in [6, 6.07) is 3.05. The fourth-order valence-corrected chi connectivity index (χ4v) is 3.55. The normalized spacial score (nSPS) is 22.9. The Kier molecular flexibility index (Phi) is 5.54. The number of hydrogen-bond donors (Lipinski definition) is 2. The molecule has 2 aromatic heterocycles. The van der Waals surface area contributed by atoms with Gasteiger partial charge in [-0.25, -0.2) is 4.68 Å². The summed E-state index contributed by atoms with van der Waals surface area (Å²) in [6.07, 6.45) is 11.5. The highest BCUT2D eigenvalue weighted by Crippen LogP contribution is 2.29. The summed E-state index contributed by atoms with van der Waals surface area (Å²) < 4.78 is 3.92. The topological polar surface area (TPSA) is 80.8 Å². The first kappa shape index (κ1) is 18.1. The molecule has 0 aliphatic heterocycles. The summed E-state index contributed by atoms with van der Waals surface area (Å²) in [5.41, 5.74) is -0.323. The van der Waals surface area contributed by atoms with Crippen molar-refractivity contribution in [1.82, 2.24) is 30.1 Å². The molecule has 25 heavy (non-hydrogen) atoms. The van der Waals surface area contributed by atoms with Crippen LogP contribution >= 0.6 is 0 Å². The number of rotatable bonds is 7. The van der Waals surface area contributed by atoms with E-state index < -0.39 is 5.60 Å². The Balaban J connectivity index is 1.61. The van der Waals surface area contributed by atoms with Crippen molar-refractivity contribution in [3.05, 3.63) is 30.4 Å². The van der Waals surface area contributed by atoms with E-state index >= 15 is 0 Å². The third kappa shape index (κ3) is 4.67. The summed E-state index contributed by atoms with van der Waals surface area (Å²) in [7, 11) is 0. The van der Waals surface area contributed by atoms with Crippen molar-refractivity contribution < 1.29 is 5.11 Å². The van der Waals surface area contributed by atoms with Crippen LogP contribution in [0.4, 0.5) is 0 Å². The van der Waals surface area contributed by atoms with Gasteiger partial charge in [-0.15, -0.1) is 5.10 Å². The average molecular weight is 346 g/mol. The van der Waals surface area contributed by atoms with E-state index in [2.05, 4.69) is 27.7 Å². The summed E-state index contributed by atoms with van der Waals surface area (Å²) in [5, 5.41) is 26.7. The third-order valence-electron chi connectivity index (χ3n) is 5.06. The maximum atomic E-state index is 10.1. The second-order valence-corrected chi connectivity index (χ2v) is 7.73. The SMILES string of the molecule is CC(CCn1cccn1)N[C@H]1CCCC[C@H]1n1cc(C(C)(C)O)nn1. The van der Waals surface area contributed by atoms with Crippen molar-refractivity contribution in [3.8, 4) is 0 Å². The highest BCUT2D eigenvalue weighted by molar-refractivity contribution is 5.04. The van der Waals surface area contributed by atoms with Gasteiger partial charge in [0.1, 0.15) is 11.3 Å². The lowest BCUT2D eigenvalue weighted by molar-refractivity contribution is 0.0736. The standard InChI is InChI=1S/C18H30N6O/c1-14(9-12-23-11-6-10-19-23)20-15-7-4-5-8-16(15)24-13-17(21-22-24)18(2,3)25/h6,10-11,13-16,20,25H,4-5,7-9,12H2,1-3H3/t14?,15-,16+/m0/s1. The number of nitrogens with zero attached hydrogens (tertiary/aromatic N) is 5. The maximum absolute atomic E-state index is 10.1. The maximum Gasteiger partial charge on any atom is 0.114 e. The molecule has 138 valence electrons. The Hall–Kier alpha value is -1.73. The Morgan fingerprint density at radius 1 is 1.36 bits per heavy atom. The molecule has 0 amide bonds. The van der Waals surface area contributed by atoms with Gasteiger partial charge in [-0.3, -0.25) is 4.68 Å². The molecule has 3 rings (SSSR count). The minimum absolute atomic E-state index is 0.296. The van der Waals surface area contributed by atoms with Crippen molar-refractivity contribution in [2.45, 2.75) is 83.1 Å². The lowest BCUT2D eigenvalue weighted by Crippen LogP contribution is -2.44. The van der Waals surface area contributed by atoms with E-state index in [9.17, 15) is 5.11 Å². The minimum atomic E-state index is -0.951. The Morgan fingerprint density at radius 2 is 2.16 bits per heavy atom. The van der Waals surface area contributed by atoms with Crippen molar-refractivity contribution in [1.29, 1.82) is 0 Å². The molecule has 0 spiro atoms. The fourth-order valence-electron chi connectivity index (χ4n) is 3.55. The van der Waals surface area contributed by atoms with Gasteiger partial charge in [-0.1, -0.05) is 18.1 Å². The Bertz CT molecular complexity index is 645. The van der Waals surface area contributed by atoms with E-state index in [-0.39, 0.29) is 0 Å². The number of nitrogens with one attached hydrogen (secondary N) is 1. The molecule has 1 fully saturated rings. The lowest BCUT2D eigenvalue weighted by Gasteiger charge is -2.34. The van der Waals surface area contributed by atoms with E-state index in [0.29, 0.717) is 23.8 Å². The number of hydrogen-bond acceptors (Lipinski definition) is 5. The van der Waals surface area contributed by atoms with E-state index in [0.717, 1.165) is 25.8 Å². The quantitative estimate of drug-likeness (QED) is 0.804. The van der Waals surface area contributed by atoms with Gasteiger partial charge >= 0.3 is 0 Å². The van der Waals surface area contributed by atoms with E-state index in [1.54, 1.807) is 13.8 Å². The Morgan fingerprint density at radius 3 is 2.84 bits per heavy atom. The molecular weight excluding hydrogens is 316 g/mol. The summed E-state index contributed by atoms with van der Waals surface area (Å²) >= 11 is 0. The zero-order chi connectivity index (χ0) is 17.9. The number of aromatic nitrogens is 5. The van der Waals surface area contributed by atoms with Crippen LogP contribution in [0.5, 0.6) is 0 Å². The molecule has 1 aliphatic rings. The molecule has 3 atom stereocenters. The van der Waals surface area contributed by atoms with Gasteiger partial charge < -0.3 is 10.4 Å². The molecule has 2 aromatic rings. The van der Waals surface area contributed by atoms with Gasteiger partial charge in [0.2, 0.25) is 0 Å². The van der Waals surface area contributed by atoms with Crippen LogP contribution in [0.15, 0.2) is 24.7 Å². The number of aryl methyl sites for hydroxylation is 1. The summed E-state index contributed by atoms with van der Waals surface area (Å²) in [5.74, 6) is 0. The largest absolute Gasteiger partial charge is 0.384 e. The average Bonchev–Trinajstić information content (AvgIpc) is 3.25. The molecule has 0 radical (unpaired) electrons. The van der Waals surface area contributed by atoms with Crippen LogP contribution in [0.1, 0.15) is 64.6 Å². The smallest absolute Gasteiger partial charge is 0.114 e. The van der Waals surface area contributed by atoms with Crippen molar-refractivity contribution in [2.75, 3.05) is 0 Å². The molecule has 7 nitrogen and oxygen atoms in total. The second kappa shape index (κ2) is 7.66. The molecule has 2 heterocycles. The highest BCUT2D eigenvalue weighted by atomic mass is 16.3. The monoisotopic (exact) mass is 346 g/mol. The summed E-state index contributed by atoms with van der Waals surface area (Å²) in [6.45, 7) is 6.65. The molecule has 0 bridgehead atoms. The molecule has 7 heteroatoms. The van der Waals surface area contributed by atoms with E-state index in [1.165, 1.54) is 12.8 Å². The third-order valence-corrected chi connectivity index (χ3v) is 5.06. The van der Waals surface area contributed by atoms with Crippen LogP contribution < -0.4 is 5.32 Å². The minimum Gasteiger partial charge on any atom is -0.384 e. The molecule has 1 aliphatic carbocycles. The van der Waals surface area contributed by atoms with E-state index in [1.807, 2.05) is 34.0 Å². The van der Waals surface area contributed by atoms with Crippen molar-refractivity contribution in [2.24, 2.45) is 0 Å². The molecule has 2 N–H and O–H groups in total. The van der Waals surface area contributed by atoms with Crippen LogP contribution in [-0.4, -0.2) is 42.0 Å². The van der Waals surface area contributed by atoms with Crippen LogP contribution in [0.25, 0.3) is 0 Å². The molecular formula is C18H30N6O. The first-order chi connectivity index (χ1) is 11.9. The first-order valence-corrected chi connectivity index (χ1v) is 9.31. The van der Waals surface area contributed by atoms with Crippen LogP contribution in [0.2, 0.25) is 0 Å². The first-order valence-electron chi connectivity index (χ1n) is 9.31. The molecule has 0 saturated heterocycles. The fraction of sp³-hybridized carbons (Fsp3) is 0.722. The Labute approximate surface area is 149 Å². The zero-order valence-corrected chi connectivity index (χ0v) is 15.5. The predicted octanol–water partition coefficient (Wildman–Crippen LogP) is 2.25. The van der Waals surface area contributed by atoms with E-state index in [4.69, 9.17) is 0 Å². The molecule has 0 aromatic carbocycles. The van der Waals surface area contributed by atoms with Gasteiger partial charge in [0, 0.05) is 31.0 Å².